The largest absolute Gasteiger partial charge is 0.329 e. The van der Waals surface area contributed by atoms with E-state index in [4.69, 9.17) is 5.73 Å². The van der Waals surface area contributed by atoms with Crippen molar-refractivity contribution in [1.82, 2.24) is 14.1 Å². The fourth-order valence-corrected chi connectivity index (χ4v) is 4.62. The summed E-state index contributed by atoms with van der Waals surface area (Å²) in [5.41, 5.74) is 5.48. The highest BCUT2D eigenvalue weighted by Gasteiger charge is 2.43. The first-order valence-electron chi connectivity index (χ1n) is 7.00. The molecule has 114 valence electrons. The summed E-state index contributed by atoms with van der Waals surface area (Å²) in [4.78, 5) is 0. The molecule has 2 rings (SSSR count). The van der Waals surface area contributed by atoms with Crippen molar-refractivity contribution in [3.63, 3.8) is 0 Å². The highest BCUT2D eigenvalue weighted by atomic mass is 32.2. The Kier molecular flexibility index (Phi) is 4.22. The van der Waals surface area contributed by atoms with Gasteiger partial charge in [-0.2, -0.15) is 9.40 Å². The van der Waals surface area contributed by atoms with Crippen LogP contribution in [0.4, 0.5) is 0 Å². The van der Waals surface area contributed by atoms with Crippen LogP contribution in [0.5, 0.6) is 0 Å². The fourth-order valence-electron chi connectivity index (χ4n) is 2.96. The molecule has 1 aliphatic carbocycles. The summed E-state index contributed by atoms with van der Waals surface area (Å²) in [6, 6.07) is 1.53. The molecule has 0 unspecified atom stereocenters. The van der Waals surface area contributed by atoms with E-state index in [0.717, 1.165) is 25.7 Å². The topological polar surface area (TPSA) is 81.2 Å². The van der Waals surface area contributed by atoms with E-state index in [1.165, 1.54) is 21.3 Å². The van der Waals surface area contributed by atoms with Gasteiger partial charge in [-0.1, -0.05) is 6.92 Å². The normalized spacial score (nSPS) is 27.9. The second-order valence-corrected chi connectivity index (χ2v) is 7.79. The van der Waals surface area contributed by atoms with Crippen molar-refractivity contribution < 1.29 is 8.42 Å². The van der Waals surface area contributed by atoms with Gasteiger partial charge in [0.05, 0.1) is 6.20 Å². The van der Waals surface area contributed by atoms with Crippen LogP contribution >= 0.6 is 0 Å². The molecular weight excluding hydrogens is 276 g/mol. The lowest BCUT2D eigenvalue weighted by Gasteiger charge is -2.44. The van der Waals surface area contributed by atoms with Gasteiger partial charge in [0, 0.05) is 26.2 Å². The van der Waals surface area contributed by atoms with Gasteiger partial charge in [-0.15, -0.1) is 0 Å². The first kappa shape index (κ1) is 15.5. The lowest BCUT2D eigenvalue weighted by Crippen LogP contribution is -2.56. The predicted molar refractivity (Wildman–Crippen MR) is 77.6 cm³/mol. The summed E-state index contributed by atoms with van der Waals surface area (Å²) < 4.78 is 28.4. The molecule has 1 saturated carbocycles. The molecule has 1 aliphatic rings. The number of aryl methyl sites for hydroxylation is 1. The van der Waals surface area contributed by atoms with E-state index >= 15 is 0 Å². The van der Waals surface area contributed by atoms with Crippen molar-refractivity contribution >= 4 is 10.0 Å². The molecule has 0 bridgehead atoms. The molecule has 1 aromatic rings. The monoisotopic (exact) mass is 300 g/mol. The van der Waals surface area contributed by atoms with Crippen molar-refractivity contribution in [3.05, 3.63) is 12.3 Å². The van der Waals surface area contributed by atoms with Crippen LogP contribution in [0.15, 0.2) is 17.3 Å². The highest BCUT2D eigenvalue weighted by molar-refractivity contribution is 7.89. The van der Waals surface area contributed by atoms with Crippen LogP contribution < -0.4 is 5.73 Å². The summed E-state index contributed by atoms with van der Waals surface area (Å²) in [5.74, 6) is 0.641. The zero-order valence-corrected chi connectivity index (χ0v) is 13.2. The Labute approximate surface area is 121 Å². The van der Waals surface area contributed by atoms with Gasteiger partial charge in [-0.05, 0) is 37.7 Å². The molecule has 1 fully saturated rings. The first-order valence-corrected chi connectivity index (χ1v) is 8.44. The summed E-state index contributed by atoms with van der Waals surface area (Å²) in [6.07, 6.45) is 5.17. The van der Waals surface area contributed by atoms with E-state index in [2.05, 4.69) is 12.0 Å². The number of rotatable bonds is 4. The van der Waals surface area contributed by atoms with Crippen LogP contribution in [0.25, 0.3) is 0 Å². The van der Waals surface area contributed by atoms with Crippen LogP contribution in [0, 0.1) is 5.92 Å². The third-order valence-corrected chi connectivity index (χ3v) is 6.69. The molecule has 0 radical (unpaired) electrons. The maximum atomic E-state index is 12.8. The number of aromatic nitrogens is 2. The SMILES string of the molecule is CC1CCC(CN)(N(C)S(=O)(=O)c2ccnn2C)CC1. The summed E-state index contributed by atoms with van der Waals surface area (Å²) in [6.45, 7) is 2.56. The number of hydrogen-bond donors (Lipinski definition) is 1. The number of nitrogens with zero attached hydrogens (tertiary/aromatic N) is 3. The van der Waals surface area contributed by atoms with Crippen molar-refractivity contribution in [2.75, 3.05) is 13.6 Å². The lowest BCUT2D eigenvalue weighted by molar-refractivity contribution is 0.135. The van der Waals surface area contributed by atoms with E-state index in [-0.39, 0.29) is 5.03 Å². The van der Waals surface area contributed by atoms with Gasteiger partial charge < -0.3 is 5.73 Å². The zero-order chi connectivity index (χ0) is 15.0. The summed E-state index contributed by atoms with van der Waals surface area (Å²) in [5, 5.41) is 4.16. The fraction of sp³-hybridized carbons (Fsp3) is 0.769. The molecule has 2 N–H and O–H groups in total. The minimum absolute atomic E-state index is 0.214. The van der Waals surface area contributed by atoms with Gasteiger partial charge in [0.2, 0.25) is 0 Å². The van der Waals surface area contributed by atoms with Crippen molar-refractivity contribution in [1.29, 1.82) is 0 Å². The molecule has 0 spiro atoms. The quantitative estimate of drug-likeness (QED) is 0.897. The van der Waals surface area contributed by atoms with Crippen molar-refractivity contribution in [2.24, 2.45) is 18.7 Å². The van der Waals surface area contributed by atoms with Crippen LogP contribution in [0.3, 0.4) is 0 Å². The second kappa shape index (κ2) is 5.46. The van der Waals surface area contributed by atoms with Crippen molar-refractivity contribution in [3.8, 4) is 0 Å². The van der Waals surface area contributed by atoms with Gasteiger partial charge >= 0.3 is 0 Å². The Bertz CT molecular complexity index is 559. The number of hydrogen-bond acceptors (Lipinski definition) is 4. The molecule has 6 nitrogen and oxygen atoms in total. The minimum Gasteiger partial charge on any atom is -0.329 e. The van der Waals surface area contributed by atoms with E-state index in [9.17, 15) is 8.42 Å². The standard InChI is InChI=1S/C13H24N4O2S/c1-11-4-7-13(10-14,8-5-11)17(3)20(18,19)12-6-9-15-16(12)2/h6,9,11H,4-5,7-8,10,14H2,1-3H3. The Balaban J connectivity index is 2.34. The van der Waals surface area contributed by atoms with Gasteiger partial charge in [-0.3, -0.25) is 4.68 Å². The second-order valence-electron chi connectivity index (χ2n) is 5.88. The van der Waals surface area contributed by atoms with E-state index in [1.54, 1.807) is 14.1 Å². The molecule has 0 aliphatic heterocycles. The van der Waals surface area contributed by atoms with Gasteiger partial charge in [0.25, 0.3) is 10.0 Å². The van der Waals surface area contributed by atoms with Crippen molar-refractivity contribution in [2.45, 2.75) is 43.2 Å². The highest BCUT2D eigenvalue weighted by Crippen LogP contribution is 2.37. The molecule has 20 heavy (non-hydrogen) atoms. The molecule has 7 heteroatoms. The number of likely N-dealkylation sites (N-methyl/N-ethyl adjacent to an activating group) is 1. The third-order valence-electron chi connectivity index (χ3n) is 4.65. The maximum Gasteiger partial charge on any atom is 0.260 e. The molecular formula is C13H24N4O2S. The average molecular weight is 300 g/mol. The summed E-state index contributed by atoms with van der Waals surface area (Å²) >= 11 is 0. The Morgan fingerprint density at radius 2 is 2.10 bits per heavy atom. The van der Waals surface area contributed by atoms with E-state index in [0.29, 0.717) is 12.5 Å². The first-order chi connectivity index (χ1) is 9.33. The zero-order valence-electron chi connectivity index (χ0n) is 12.4. The predicted octanol–water partition coefficient (Wildman–Crippen LogP) is 0.948. The Morgan fingerprint density at radius 3 is 2.55 bits per heavy atom. The van der Waals surface area contributed by atoms with Gasteiger partial charge in [0.1, 0.15) is 0 Å². The maximum absolute atomic E-state index is 12.8. The molecule has 0 atom stereocenters. The van der Waals surface area contributed by atoms with Gasteiger partial charge in [-0.25, -0.2) is 8.42 Å². The van der Waals surface area contributed by atoms with E-state index < -0.39 is 15.6 Å². The molecule has 0 amide bonds. The molecule has 0 saturated heterocycles. The third kappa shape index (κ3) is 2.49. The minimum atomic E-state index is -3.56. The van der Waals surface area contributed by atoms with E-state index in [1.807, 2.05) is 0 Å². The lowest BCUT2D eigenvalue weighted by atomic mass is 9.77. The average Bonchev–Trinajstić information content (AvgIpc) is 2.86. The molecule has 1 heterocycles. The summed E-state index contributed by atoms with van der Waals surface area (Å²) in [7, 11) is -0.278. The Morgan fingerprint density at radius 1 is 1.50 bits per heavy atom. The smallest absolute Gasteiger partial charge is 0.260 e. The van der Waals surface area contributed by atoms with Gasteiger partial charge in [0.15, 0.2) is 5.03 Å². The van der Waals surface area contributed by atoms with Crippen LogP contribution in [-0.2, 0) is 17.1 Å². The number of nitrogens with two attached hydrogens (primary N) is 1. The molecule has 0 aromatic carbocycles. The Hall–Kier alpha value is -0.920. The van der Waals surface area contributed by atoms with Crippen LogP contribution in [0.1, 0.15) is 32.6 Å². The van der Waals surface area contributed by atoms with Crippen LogP contribution in [-0.4, -0.2) is 41.6 Å². The molecule has 1 aromatic heterocycles. The number of sulfonamides is 1. The van der Waals surface area contributed by atoms with Crippen LogP contribution in [0.2, 0.25) is 0 Å².